The third-order valence-electron chi connectivity index (χ3n) is 3.09. The lowest BCUT2D eigenvalue weighted by atomic mass is 9.93. The van der Waals surface area contributed by atoms with Crippen molar-refractivity contribution in [1.29, 1.82) is 0 Å². The molecule has 5 nitrogen and oxygen atoms in total. The molecule has 2 rings (SSSR count). The van der Waals surface area contributed by atoms with E-state index in [1.807, 2.05) is 32.9 Å². The van der Waals surface area contributed by atoms with Crippen LogP contribution >= 0.6 is 0 Å². The van der Waals surface area contributed by atoms with Crippen LogP contribution in [-0.4, -0.2) is 22.8 Å². The molecule has 0 saturated carbocycles. The van der Waals surface area contributed by atoms with Crippen molar-refractivity contribution in [3.63, 3.8) is 0 Å². The highest BCUT2D eigenvalue weighted by Gasteiger charge is 2.22. The van der Waals surface area contributed by atoms with Crippen LogP contribution in [0.25, 0.3) is 0 Å². The van der Waals surface area contributed by atoms with Crippen molar-refractivity contribution >= 4 is 11.6 Å². The van der Waals surface area contributed by atoms with Gasteiger partial charge in [0.15, 0.2) is 5.69 Å². The molecule has 5 heteroatoms. The van der Waals surface area contributed by atoms with Gasteiger partial charge in [0.2, 0.25) is 0 Å². The molecule has 0 unspecified atom stereocenters. The highest BCUT2D eigenvalue weighted by atomic mass is 16.5. The second-order valence-corrected chi connectivity index (χ2v) is 5.95. The molecule has 0 spiro atoms. The number of aliphatic hydroxyl groups is 1. The predicted octanol–water partition coefficient (Wildman–Crippen LogP) is 2.76. The summed E-state index contributed by atoms with van der Waals surface area (Å²) in [7, 11) is 0. The van der Waals surface area contributed by atoms with Gasteiger partial charge in [-0.15, -0.1) is 0 Å². The number of hydrogen-bond donors (Lipinski definition) is 2. The summed E-state index contributed by atoms with van der Waals surface area (Å²) in [6.45, 7) is 6.10. The van der Waals surface area contributed by atoms with Gasteiger partial charge in [0.1, 0.15) is 5.76 Å². The zero-order valence-electron chi connectivity index (χ0n) is 12.5. The highest BCUT2D eigenvalue weighted by molar-refractivity contribution is 6.02. The van der Waals surface area contributed by atoms with Gasteiger partial charge in [0.25, 0.3) is 5.91 Å². The summed E-state index contributed by atoms with van der Waals surface area (Å²) in [6.07, 6.45) is 0.604. The monoisotopic (exact) mass is 288 g/mol. The second kappa shape index (κ2) is 6.10. The molecule has 21 heavy (non-hydrogen) atoms. The molecule has 0 atom stereocenters. The topological polar surface area (TPSA) is 75.4 Å². The van der Waals surface area contributed by atoms with Crippen LogP contribution in [-0.2, 0) is 11.8 Å². The van der Waals surface area contributed by atoms with Gasteiger partial charge in [-0.1, -0.05) is 38.1 Å². The van der Waals surface area contributed by atoms with Crippen LogP contribution in [0.3, 0.4) is 0 Å². The third kappa shape index (κ3) is 3.92. The normalized spacial score (nSPS) is 11.4. The van der Waals surface area contributed by atoms with Gasteiger partial charge in [0, 0.05) is 23.8 Å². The minimum atomic E-state index is -0.302. The number of nitrogens with one attached hydrogen (secondary N) is 1. The van der Waals surface area contributed by atoms with E-state index in [4.69, 9.17) is 9.63 Å². The van der Waals surface area contributed by atoms with E-state index >= 15 is 0 Å². The maximum atomic E-state index is 12.1. The van der Waals surface area contributed by atoms with Crippen LogP contribution in [0.4, 0.5) is 5.69 Å². The quantitative estimate of drug-likeness (QED) is 0.907. The molecule has 0 bridgehead atoms. The van der Waals surface area contributed by atoms with Gasteiger partial charge in [-0.2, -0.15) is 0 Å². The van der Waals surface area contributed by atoms with Crippen molar-refractivity contribution in [2.24, 2.45) is 0 Å². The average molecular weight is 288 g/mol. The van der Waals surface area contributed by atoms with Gasteiger partial charge >= 0.3 is 0 Å². The Labute approximate surface area is 124 Å². The van der Waals surface area contributed by atoms with Crippen LogP contribution in [0.2, 0.25) is 0 Å². The largest absolute Gasteiger partial charge is 0.396 e. The molecule has 2 aromatic rings. The first kappa shape index (κ1) is 15.3. The lowest BCUT2D eigenvalue weighted by Crippen LogP contribution is -2.13. The van der Waals surface area contributed by atoms with Gasteiger partial charge in [0.05, 0.1) is 0 Å². The number of carbonyl (C=O) groups is 1. The Morgan fingerprint density at radius 1 is 1.29 bits per heavy atom. The van der Waals surface area contributed by atoms with Crippen molar-refractivity contribution in [3.8, 4) is 0 Å². The molecule has 0 fully saturated rings. The maximum Gasteiger partial charge on any atom is 0.277 e. The third-order valence-corrected chi connectivity index (χ3v) is 3.09. The molecule has 2 N–H and O–H groups in total. The molecular weight excluding hydrogens is 268 g/mol. The molecule has 112 valence electrons. The summed E-state index contributed by atoms with van der Waals surface area (Å²) in [5.41, 5.74) is 1.78. The van der Waals surface area contributed by atoms with Crippen molar-refractivity contribution in [1.82, 2.24) is 5.16 Å². The zero-order valence-corrected chi connectivity index (χ0v) is 12.5. The number of aromatic nitrogens is 1. The summed E-state index contributed by atoms with van der Waals surface area (Å²) in [5, 5.41) is 15.4. The molecule has 1 aromatic heterocycles. The summed E-state index contributed by atoms with van der Waals surface area (Å²) in [6, 6.07) is 9.00. The number of carbonyl (C=O) groups excluding carboxylic acids is 1. The van der Waals surface area contributed by atoms with Crippen molar-refractivity contribution in [2.45, 2.75) is 32.6 Å². The molecule has 0 saturated heterocycles. The summed E-state index contributed by atoms with van der Waals surface area (Å²) < 4.78 is 5.20. The lowest BCUT2D eigenvalue weighted by Gasteiger charge is -2.12. The minimum Gasteiger partial charge on any atom is -0.396 e. The van der Waals surface area contributed by atoms with E-state index in [9.17, 15) is 4.79 Å². The van der Waals surface area contributed by atoms with E-state index in [1.165, 1.54) is 0 Å². The number of aliphatic hydroxyl groups excluding tert-OH is 1. The number of hydrogen-bond acceptors (Lipinski definition) is 4. The molecular formula is C16H20N2O3. The van der Waals surface area contributed by atoms with E-state index in [2.05, 4.69) is 10.5 Å². The maximum absolute atomic E-state index is 12.1. The van der Waals surface area contributed by atoms with E-state index in [0.29, 0.717) is 17.9 Å². The number of rotatable bonds is 4. The van der Waals surface area contributed by atoms with Crippen LogP contribution < -0.4 is 5.32 Å². The van der Waals surface area contributed by atoms with Crippen molar-refractivity contribution < 1.29 is 14.4 Å². The van der Waals surface area contributed by atoms with E-state index in [-0.39, 0.29) is 23.6 Å². The molecule has 0 radical (unpaired) electrons. The SMILES string of the molecule is CC(C)(C)c1cc(C(=O)Nc2ccc(CCO)cc2)no1. The Kier molecular flexibility index (Phi) is 4.43. The first-order chi connectivity index (χ1) is 9.90. The second-order valence-electron chi connectivity index (χ2n) is 5.95. The molecule has 0 aliphatic carbocycles. The van der Waals surface area contributed by atoms with Gasteiger partial charge in [-0.25, -0.2) is 0 Å². The number of nitrogens with zero attached hydrogens (tertiary/aromatic N) is 1. The van der Waals surface area contributed by atoms with Crippen LogP contribution in [0.5, 0.6) is 0 Å². The van der Waals surface area contributed by atoms with E-state index in [0.717, 1.165) is 5.56 Å². The van der Waals surface area contributed by atoms with Crippen molar-refractivity contribution in [2.75, 3.05) is 11.9 Å². The van der Waals surface area contributed by atoms with Crippen molar-refractivity contribution in [3.05, 3.63) is 47.3 Å². The first-order valence-corrected chi connectivity index (χ1v) is 6.88. The molecule has 0 aliphatic rings. The Hall–Kier alpha value is -2.14. The van der Waals surface area contributed by atoms with Gasteiger partial charge in [-0.05, 0) is 24.1 Å². The number of benzene rings is 1. The minimum absolute atomic E-state index is 0.111. The molecule has 1 aromatic carbocycles. The van der Waals surface area contributed by atoms with Gasteiger partial charge in [-0.3, -0.25) is 4.79 Å². The predicted molar refractivity (Wildman–Crippen MR) is 80.4 cm³/mol. The Morgan fingerprint density at radius 2 is 1.95 bits per heavy atom. The van der Waals surface area contributed by atoms with Crippen LogP contribution in [0, 0.1) is 0 Å². The lowest BCUT2D eigenvalue weighted by molar-refractivity contribution is 0.101. The summed E-state index contributed by atoms with van der Waals surface area (Å²) in [4.78, 5) is 12.1. The number of anilines is 1. The first-order valence-electron chi connectivity index (χ1n) is 6.88. The van der Waals surface area contributed by atoms with Crippen LogP contribution in [0.1, 0.15) is 42.6 Å². The molecule has 1 heterocycles. The Morgan fingerprint density at radius 3 is 2.48 bits per heavy atom. The average Bonchev–Trinajstić information content (AvgIpc) is 2.91. The fourth-order valence-electron chi connectivity index (χ4n) is 1.81. The Balaban J connectivity index is 2.05. The van der Waals surface area contributed by atoms with Crippen LogP contribution in [0.15, 0.2) is 34.9 Å². The number of amides is 1. The smallest absolute Gasteiger partial charge is 0.277 e. The molecule has 1 amide bonds. The zero-order chi connectivity index (χ0) is 15.5. The highest BCUT2D eigenvalue weighted by Crippen LogP contribution is 2.23. The van der Waals surface area contributed by atoms with E-state index in [1.54, 1.807) is 18.2 Å². The van der Waals surface area contributed by atoms with E-state index < -0.39 is 0 Å². The van der Waals surface area contributed by atoms with Gasteiger partial charge < -0.3 is 14.9 Å². The Bertz CT molecular complexity index is 609. The summed E-state index contributed by atoms with van der Waals surface area (Å²) >= 11 is 0. The fraction of sp³-hybridized carbons (Fsp3) is 0.375. The fourth-order valence-corrected chi connectivity index (χ4v) is 1.81. The standard InChI is InChI=1S/C16H20N2O3/c1-16(2,3)14-10-13(18-21-14)15(20)17-12-6-4-11(5-7-12)8-9-19/h4-7,10,19H,8-9H2,1-3H3,(H,17,20). The summed E-state index contributed by atoms with van der Waals surface area (Å²) in [5.74, 6) is 0.370. The molecule has 0 aliphatic heterocycles.